The van der Waals surface area contributed by atoms with Crippen LogP contribution in [0.3, 0.4) is 0 Å². The van der Waals surface area contributed by atoms with Crippen molar-refractivity contribution in [1.29, 1.82) is 0 Å². The number of aliphatic carboxylic acids is 1. The Hall–Kier alpha value is -3.28. The second-order valence-corrected chi connectivity index (χ2v) is 9.15. The van der Waals surface area contributed by atoms with Crippen LogP contribution in [-0.4, -0.2) is 21.0 Å². The minimum Gasteiger partial charge on any atom is -0.487 e. The Kier molecular flexibility index (Phi) is 7.56. The van der Waals surface area contributed by atoms with Gasteiger partial charge in [-0.3, -0.25) is 14.8 Å². The molecule has 1 heterocycles. The number of unbranched alkanes of at least 4 members (excludes halogenated alkanes) is 1. The first kappa shape index (κ1) is 23.9. The van der Waals surface area contributed by atoms with Gasteiger partial charge in [-0.1, -0.05) is 37.1 Å². The van der Waals surface area contributed by atoms with Gasteiger partial charge in [-0.05, 0) is 74.3 Å². The van der Waals surface area contributed by atoms with E-state index in [1.165, 1.54) is 6.07 Å². The molecule has 1 N–H and O–H groups in total. The van der Waals surface area contributed by atoms with Gasteiger partial charge in [-0.15, -0.1) is 0 Å². The quantitative estimate of drug-likeness (QED) is 0.353. The van der Waals surface area contributed by atoms with Gasteiger partial charge in [0.2, 0.25) is 0 Å². The molecule has 1 saturated carbocycles. The summed E-state index contributed by atoms with van der Waals surface area (Å²) in [7, 11) is 0. The van der Waals surface area contributed by atoms with E-state index in [0.717, 1.165) is 42.5 Å². The minimum atomic E-state index is -0.775. The summed E-state index contributed by atoms with van der Waals surface area (Å²) in [6, 6.07) is 12.7. The summed E-state index contributed by atoms with van der Waals surface area (Å²) < 4.78 is 20.6. The van der Waals surface area contributed by atoms with Gasteiger partial charge in [-0.25, -0.2) is 4.39 Å². The van der Waals surface area contributed by atoms with Crippen LogP contribution in [-0.2, 0) is 17.8 Å². The maximum absolute atomic E-state index is 14.5. The molecule has 6 heteroatoms. The van der Waals surface area contributed by atoms with E-state index in [1.54, 1.807) is 12.3 Å². The van der Waals surface area contributed by atoms with Gasteiger partial charge in [-0.2, -0.15) is 0 Å². The first-order chi connectivity index (χ1) is 16.4. The number of hydrogen-bond acceptors (Lipinski definition) is 4. The van der Waals surface area contributed by atoms with E-state index in [4.69, 9.17) is 9.72 Å². The highest BCUT2D eigenvalue weighted by atomic mass is 19.1. The van der Waals surface area contributed by atoms with Gasteiger partial charge in [0.15, 0.2) is 0 Å². The summed E-state index contributed by atoms with van der Waals surface area (Å²) in [5.41, 5.74) is 4.49. The number of aromatic nitrogens is 2. The van der Waals surface area contributed by atoms with Crippen molar-refractivity contribution in [3.63, 3.8) is 0 Å². The van der Waals surface area contributed by atoms with Crippen molar-refractivity contribution in [2.45, 2.75) is 64.9 Å². The van der Waals surface area contributed by atoms with Crippen LogP contribution < -0.4 is 4.74 Å². The summed E-state index contributed by atoms with van der Waals surface area (Å²) in [6.07, 6.45) is 6.59. The summed E-state index contributed by atoms with van der Waals surface area (Å²) in [6.45, 7) is 4.28. The zero-order valence-electron chi connectivity index (χ0n) is 19.8. The molecule has 0 radical (unpaired) electrons. The van der Waals surface area contributed by atoms with Crippen molar-refractivity contribution in [1.82, 2.24) is 9.97 Å². The normalized spacial score (nSPS) is 14.1. The number of carbonyl (C=O) groups is 1. The fourth-order valence-electron chi connectivity index (χ4n) is 4.34. The van der Waals surface area contributed by atoms with Gasteiger partial charge in [0.25, 0.3) is 0 Å². The second-order valence-electron chi connectivity index (χ2n) is 9.15. The van der Waals surface area contributed by atoms with Gasteiger partial charge >= 0.3 is 5.97 Å². The van der Waals surface area contributed by atoms with Gasteiger partial charge < -0.3 is 9.84 Å². The van der Waals surface area contributed by atoms with Crippen molar-refractivity contribution in [3.8, 4) is 17.0 Å². The molecular formula is C28H31FN2O3. The summed E-state index contributed by atoms with van der Waals surface area (Å²) in [5, 5.41) is 9.30. The molecule has 178 valence electrons. The molecular weight excluding hydrogens is 431 g/mol. The molecule has 1 aliphatic rings. The van der Waals surface area contributed by atoms with Crippen molar-refractivity contribution in [2.24, 2.45) is 5.92 Å². The standard InChI is InChI=1S/C28H31FN2O3/c1-3-4-8-26-28(24-13-18(2)9-12-25(24)29)30-16-21(31-26)17-34-22-7-5-6-20(14-22)23(15-27(32)33)19-10-11-19/h5-7,9,12-14,16,19,23H,3-4,8,10-11,15,17H2,1-2H3,(H,32,33)/t23-/m0/s1. The number of aryl methyl sites for hydroxylation is 2. The molecule has 4 rings (SSSR count). The third-order valence-electron chi connectivity index (χ3n) is 6.30. The van der Waals surface area contributed by atoms with Crippen LogP contribution in [0.2, 0.25) is 0 Å². The van der Waals surface area contributed by atoms with Gasteiger partial charge in [0.05, 0.1) is 29.7 Å². The first-order valence-corrected chi connectivity index (χ1v) is 12.0. The molecule has 0 saturated heterocycles. The van der Waals surface area contributed by atoms with E-state index in [-0.39, 0.29) is 24.8 Å². The molecule has 34 heavy (non-hydrogen) atoms. The Bertz CT molecular complexity index is 1160. The summed E-state index contributed by atoms with van der Waals surface area (Å²) in [4.78, 5) is 20.7. The van der Waals surface area contributed by atoms with E-state index in [1.807, 2.05) is 37.3 Å². The van der Waals surface area contributed by atoms with E-state index < -0.39 is 5.97 Å². The smallest absolute Gasteiger partial charge is 0.303 e. The average molecular weight is 463 g/mol. The number of rotatable bonds is 11. The molecule has 0 bridgehead atoms. The van der Waals surface area contributed by atoms with Crippen LogP contribution in [0.25, 0.3) is 11.3 Å². The lowest BCUT2D eigenvalue weighted by Gasteiger charge is -2.16. The number of carboxylic acids is 1. The largest absolute Gasteiger partial charge is 0.487 e. The van der Waals surface area contributed by atoms with Gasteiger partial charge in [0, 0.05) is 5.56 Å². The first-order valence-electron chi connectivity index (χ1n) is 12.0. The number of halogens is 1. The molecule has 0 unspecified atom stereocenters. The molecule has 1 fully saturated rings. The van der Waals surface area contributed by atoms with Gasteiger partial charge in [0.1, 0.15) is 18.2 Å². The number of benzene rings is 2. The number of carboxylic acid groups (broad SMARTS) is 1. The number of nitrogens with zero attached hydrogens (tertiary/aromatic N) is 2. The molecule has 1 atom stereocenters. The van der Waals surface area contributed by atoms with Crippen LogP contribution in [0.15, 0.2) is 48.7 Å². The zero-order valence-corrected chi connectivity index (χ0v) is 19.8. The SMILES string of the molecule is CCCCc1nc(COc2cccc([C@@H](CC(=O)O)C3CC3)c2)cnc1-c1cc(C)ccc1F. The fraction of sp³-hybridized carbons (Fsp3) is 0.393. The van der Waals surface area contributed by atoms with Crippen molar-refractivity contribution in [2.75, 3.05) is 0 Å². The average Bonchev–Trinajstić information content (AvgIpc) is 3.67. The Balaban J connectivity index is 1.53. The van der Waals surface area contributed by atoms with E-state index >= 15 is 0 Å². The Morgan fingerprint density at radius 1 is 1.24 bits per heavy atom. The molecule has 0 amide bonds. The lowest BCUT2D eigenvalue weighted by Crippen LogP contribution is -2.09. The Morgan fingerprint density at radius 2 is 2.06 bits per heavy atom. The maximum atomic E-state index is 14.5. The van der Waals surface area contributed by atoms with Crippen LogP contribution in [0.5, 0.6) is 5.75 Å². The van der Waals surface area contributed by atoms with Crippen molar-refractivity contribution in [3.05, 3.63) is 77.0 Å². The Morgan fingerprint density at radius 3 is 2.79 bits per heavy atom. The molecule has 1 aromatic heterocycles. The maximum Gasteiger partial charge on any atom is 0.303 e. The monoisotopic (exact) mass is 462 g/mol. The molecule has 2 aromatic carbocycles. The van der Waals surface area contributed by atoms with Crippen LogP contribution in [0.1, 0.15) is 67.5 Å². The minimum absolute atomic E-state index is 0.0185. The van der Waals surface area contributed by atoms with Crippen LogP contribution >= 0.6 is 0 Å². The third-order valence-corrected chi connectivity index (χ3v) is 6.30. The second kappa shape index (κ2) is 10.8. The molecule has 0 spiro atoms. The fourth-order valence-corrected chi connectivity index (χ4v) is 4.34. The lowest BCUT2D eigenvalue weighted by molar-refractivity contribution is -0.137. The van der Waals surface area contributed by atoms with E-state index in [9.17, 15) is 14.3 Å². The van der Waals surface area contributed by atoms with Crippen LogP contribution in [0.4, 0.5) is 4.39 Å². The lowest BCUT2D eigenvalue weighted by atomic mass is 9.91. The topological polar surface area (TPSA) is 72.3 Å². The molecule has 5 nitrogen and oxygen atoms in total. The van der Waals surface area contributed by atoms with E-state index in [0.29, 0.717) is 35.0 Å². The Labute approximate surface area is 200 Å². The zero-order chi connectivity index (χ0) is 24.1. The van der Waals surface area contributed by atoms with Crippen molar-refractivity contribution < 1.29 is 19.0 Å². The number of hydrogen-bond donors (Lipinski definition) is 1. The number of ether oxygens (including phenoxy) is 1. The predicted molar refractivity (Wildman–Crippen MR) is 129 cm³/mol. The van der Waals surface area contributed by atoms with Crippen LogP contribution in [0, 0.1) is 18.7 Å². The third kappa shape index (κ3) is 5.99. The highest BCUT2D eigenvalue weighted by Crippen LogP contribution is 2.45. The summed E-state index contributed by atoms with van der Waals surface area (Å²) in [5.74, 6) is 0.0606. The highest BCUT2D eigenvalue weighted by Gasteiger charge is 2.33. The van der Waals surface area contributed by atoms with E-state index in [2.05, 4.69) is 11.9 Å². The highest BCUT2D eigenvalue weighted by molar-refractivity contribution is 5.68. The molecule has 3 aromatic rings. The van der Waals surface area contributed by atoms with Crippen molar-refractivity contribution >= 4 is 5.97 Å². The predicted octanol–water partition coefficient (Wildman–Crippen LogP) is 6.48. The molecule has 0 aliphatic heterocycles. The molecule has 1 aliphatic carbocycles. The summed E-state index contributed by atoms with van der Waals surface area (Å²) >= 11 is 0.